The molecule has 128 valence electrons. The molecule has 0 fully saturated rings. The van der Waals surface area contributed by atoms with Crippen LogP contribution in [0.5, 0.6) is 0 Å². The molecule has 0 aliphatic carbocycles. The summed E-state index contributed by atoms with van der Waals surface area (Å²) in [5.41, 5.74) is 14.3. The molecule has 0 saturated carbocycles. The number of anilines is 2. The van der Waals surface area contributed by atoms with E-state index >= 15 is 0 Å². The van der Waals surface area contributed by atoms with Crippen LogP contribution >= 0.6 is 0 Å². The first-order chi connectivity index (χ1) is 11.7. The van der Waals surface area contributed by atoms with Gasteiger partial charge in [-0.25, -0.2) is 4.68 Å². The predicted molar refractivity (Wildman–Crippen MR) is 89.3 cm³/mol. The van der Waals surface area contributed by atoms with E-state index in [1.54, 1.807) is 0 Å². The molecule has 1 aliphatic heterocycles. The number of aliphatic hydroxyl groups is 1. The smallest absolute Gasteiger partial charge is 0.232 e. The van der Waals surface area contributed by atoms with Gasteiger partial charge in [-0.05, 0) is 12.0 Å². The fourth-order valence-corrected chi connectivity index (χ4v) is 2.59. The van der Waals surface area contributed by atoms with Gasteiger partial charge in [-0.15, -0.1) is 0 Å². The Bertz CT molecular complexity index is 714. The fourth-order valence-electron chi connectivity index (χ4n) is 2.59. The molecule has 0 bridgehead atoms. The average Bonchev–Trinajstić information content (AvgIpc) is 3.19. The third-order valence-electron chi connectivity index (χ3n) is 3.77. The fraction of sp³-hybridized carbons (Fsp3) is 0.312. The van der Waals surface area contributed by atoms with Crippen molar-refractivity contribution in [3.8, 4) is 0 Å². The molecule has 1 aromatic carbocycles. The number of nitrogens with zero attached hydrogens (tertiary/aromatic N) is 2. The molecule has 0 spiro atoms. The zero-order valence-electron chi connectivity index (χ0n) is 13.2. The van der Waals surface area contributed by atoms with E-state index in [-0.39, 0.29) is 26.0 Å². The van der Waals surface area contributed by atoms with Crippen LogP contribution in [0.15, 0.2) is 42.5 Å². The number of nitrogens with one attached hydrogen (secondary N) is 1. The van der Waals surface area contributed by atoms with Gasteiger partial charge in [0.15, 0.2) is 0 Å². The molecule has 0 amide bonds. The summed E-state index contributed by atoms with van der Waals surface area (Å²) in [7, 11) is 0. The summed E-state index contributed by atoms with van der Waals surface area (Å²) in [6.07, 6.45) is 2.16. The molecule has 1 atom stereocenters. The van der Waals surface area contributed by atoms with Crippen molar-refractivity contribution in [2.45, 2.75) is 19.0 Å². The Hall–Kier alpha value is -2.87. The second-order valence-corrected chi connectivity index (χ2v) is 5.43. The zero-order chi connectivity index (χ0) is 16.9. The van der Waals surface area contributed by atoms with Crippen molar-refractivity contribution in [2.75, 3.05) is 24.9 Å². The van der Waals surface area contributed by atoms with Crippen LogP contribution in [-0.2, 0) is 22.4 Å². The Labute approximate surface area is 139 Å². The lowest BCUT2D eigenvalue weighted by Crippen LogP contribution is -2.24. The van der Waals surface area contributed by atoms with Crippen LogP contribution in [-0.4, -0.2) is 28.3 Å². The number of aromatic nitrogens is 2. The normalized spacial score (nSPS) is 14.6. The quantitative estimate of drug-likeness (QED) is 0.590. The Kier molecular flexibility index (Phi) is 4.76. The molecule has 2 heterocycles. The van der Waals surface area contributed by atoms with E-state index in [9.17, 15) is 0 Å². The van der Waals surface area contributed by atoms with Crippen LogP contribution in [0.25, 0.3) is 0 Å². The number of aliphatic hydroxyl groups excluding tert-OH is 1. The lowest BCUT2D eigenvalue weighted by atomic mass is 10.0. The zero-order valence-corrected chi connectivity index (χ0v) is 13.2. The Morgan fingerprint density at radius 1 is 1.29 bits per heavy atom. The third-order valence-corrected chi connectivity index (χ3v) is 3.77. The SMILES string of the molecule is Nc1c(C(Cc2ccccc2)NC2=COCO2)nn(CCO)c1N. The highest BCUT2D eigenvalue weighted by Crippen LogP contribution is 2.29. The maximum atomic E-state index is 9.13. The number of hydrogen-bond donors (Lipinski definition) is 4. The highest BCUT2D eigenvalue weighted by molar-refractivity contribution is 5.63. The molecule has 1 aromatic heterocycles. The average molecular weight is 331 g/mol. The summed E-state index contributed by atoms with van der Waals surface area (Å²) in [5, 5.41) is 16.8. The van der Waals surface area contributed by atoms with Crippen LogP contribution < -0.4 is 16.8 Å². The second kappa shape index (κ2) is 7.14. The summed E-state index contributed by atoms with van der Waals surface area (Å²) in [6, 6.07) is 9.72. The molecule has 0 radical (unpaired) electrons. The van der Waals surface area contributed by atoms with Crippen molar-refractivity contribution >= 4 is 11.5 Å². The summed E-state index contributed by atoms with van der Waals surface area (Å²) < 4.78 is 11.9. The van der Waals surface area contributed by atoms with E-state index in [0.29, 0.717) is 29.5 Å². The highest BCUT2D eigenvalue weighted by Gasteiger charge is 2.24. The molecule has 0 saturated heterocycles. The number of ether oxygens (including phenoxy) is 2. The molecular formula is C16H21N5O3. The second-order valence-electron chi connectivity index (χ2n) is 5.43. The molecule has 8 nitrogen and oxygen atoms in total. The van der Waals surface area contributed by atoms with E-state index in [0.717, 1.165) is 5.56 Å². The molecular weight excluding hydrogens is 310 g/mol. The number of benzene rings is 1. The molecule has 1 aliphatic rings. The van der Waals surface area contributed by atoms with Crippen LogP contribution in [0.1, 0.15) is 17.3 Å². The van der Waals surface area contributed by atoms with Crippen molar-refractivity contribution in [1.29, 1.82) is 0 Å². The lowest BCUT2D eigenvalue weighted by Gasteiger charge is -2.18. The van der Waals surface area contributed by atoms with Gasteiger partial charge in [0.05, 0.1) is 24.9 Å². The topological polar surface area (TPSA) is 121 Å². The minimum Gasteiger partial charge on any atom is -0.459 e. The monoisotopic (exact) mass is 331 g/mol. The molecule has 6 N–H and O–H groups in total. The van der Waals surface area contributed by atoms with Crippen molar-refractivity contribution in [3.63, 3.8) is 0 Å². The van der Waals surface area contributed by atoms with Gasteiger partial charge >= 0.3 is 0 Å². The summed E-state index contributed by atoms with van der Waals surface area (Å²) in [6.45, 7) is 0.400. The number of nitrogens with two attached hydrogens (primary N) is 2. The van der Waals surface area contributed by atoms with Crippen molar-refractivity contribution in [2.24, 2.45) is 0 Å². The first-order valence-corrected chi connectivity index (χ1v) is 7.66. The summed E-state index contributed by atoms with van der Waals surface area (Å²) in [5.74, 6) is 0.863. The maximum Gasteiger partial charge on any atom is 0.232 e. The number of hydrogen-bond acceptors (Lipinski definition) is 7. The van der Waals surface area contributed by atoms with Crippen LogP contribution in [0.4, 0.5) is 11.5 Å². The first kappa shape index (κ1) is 16.0. The van der Waals surface area contributed by atoms with Crippen LogP contribution in [0.3, 0.4) is 0 Å². The van der Waals surface area contributed by atoms with E-state index in [2.05, 4.69) is 10.4 Å². The summed E-state index contributed by atoms with van der Waals surface area (Å²) in [4.78, 5) is 0. The van der Waals surface area contributed by atoms with Gasteiger partial charge in [0.1, 0.15) is 17.8 Å². The number of rotatable bonds is 7. The first-order valence-electron chi connectivity index (χ1n) is 7.66. The largest absolute Gasteiger partial charge is 0.459 e. The Morgan fingerprint density at radius 2 is 2.08 bits per heavy atom. The van der Waals surface area contributed by atoms with Gasteiger partial charge in [-0.3, -0.25) is 0 Å². The standard InChI is InChI=1S/C16H21N5O3/c17-14-15(20-21(6-7-22)16(14)18)12(19-13-9-23-10-24-13)8-11-4-2-1-3-5-11/h1-5,9,12,19,22H,6-8,10,17-18H2. The van der Waals surface area contributed by atoms with E-state index in [1.165, 1.54) is 10.9 Å². The van der Waals surface area contributed by atoms with Gasteiger partial charge < -0.3 is 31.4 Å². The van der Waals surface area contributed by atoms with Crippen LogP contribution in [0, 0.1) is 0 Å². The third kappa shape index (κ3) is 3.38. The van der Waals surface area contributed by atoms with E-state index in [1.807, 2.05) is 30.3 Å². The molecule has 3 rings (SSSR count). The lowest BCUT2D eigenvalue weighted by molar-refractivity contribution is 0.0724. The van der Waals surface area contributed by atoms with Crippen molar-refractivity contribution < 1.29 is 14.6 Å². The molecule has 8 heteroatoms. The minimum absolute atomic E-state index is 0.0658. The predicted octanol–water partition coefficient (Wildman–Crippen LogP) is 0.716. The maximum absolute atomic E-state index is 9.13. The van der Waals surface area contributed by atoms with Gasteiger partial charge in [0.25, 0.3) is 0 Å². The number of nitrogen functional groups attached to an aromatic ring is 2. The van der Waals surface area contributed by atoms with Crippen LogP contribution in [0.2, 0.25) is 0 Å². The Balaban J connectivity index is 1.90. The van der Waals surface area contributed by atoms with Gasteiger partial charge in [-0.2, -0.15) is 5.10 Å². The van der Waals surface area contributed by atoms with Gasteiger partial charge in [-0.1, -0.05) is 30.3 Å². The highest BCUT2D eigenvalue weighted by atomic mass is 16.7. The van der Waals surface area contributed by atoms with Crippen molar-refractivity contribution in [1.82, 2.24) is 15.1 Å². The van der Waals surface area contributed by atoms with Crippen molar-refractivity contribution in [3.05, 3.63) is 53.7 Å². The minimum atomic E-state index is -0.248. The molecule has 1 unspecified atom stereocenters. The van der Waals surface area contributed by atoms with E-state index in [4.69, 9.17) is 26.0 Å². The Morgan fingerprint density at radius 3 is 2.75 bits per heavy atom. The van der Waals surface area contributed by atoms with Gasteiger partial charge in [0.2, 0.25) is 12.7 Å². The summed E-state index contributed by atoms with van der Waals surface area (Å²) >= 11 is 0. The molecule has 2 aromatic rings. The van der Waals surface area contributed by atoms with Gasteiger partial charge in [0, 0.05) is 0 Å². The van der Waals surface area contributed by atoms with E-state index < -0.39 is 0 Å². The molecule has 24 heavy (non-hydrogen) atoms.